The molecule has 0 amide bonds. The highest BCUT2D eigenvalue weighted by molar-refractivity contribution is 5.63. The van der Waals surface area contributed by atoms with Gasteiger partial charge in [-0.05, 0) is 6.07 Å². The first-order chi connectivity index (χ1) is 9.38. The molecule has 0 unspecified atom stereocenters. The molecule has 0 spiro atoms. The van der Waals surface area contributed by atoms with Crippen LogP contribution in [0.3, 0.4) is 0 Å². The van der Waals surface area contributed by atoms with Gasteiger partial charge in [-0.15, -0.1) is 0 Å². The Kier molecular flexibility index (Phi) is 3.55. The van der Waals surface area contributed by atoms with E-state index in [2.05, 4.69) is 14.7 Å². The van der Waals surface area contributed by atoms with Gasteiger partial charge in [-0.2, -0.15) is 13.2 Å². The summed E-state index contributed by atoms with van der Waals surface area (Å²) in [6.45, 7) is 0. The van der Waals surface area contributed by atoms with Gasteiger partial charge in [-0.25, -0.2) is 14.8 Å². The SMILES string of the molecule is O=C(O)Oc1cnc(-c2ccccc2C(F)(F)F)nc1. The quantitative estimate of drug-likeness (QED) is 0.857. The molecule has 1 heterocycles. The van der Waals surface area contributed by atoms with E-state index >= 15 is 0 Å². The maximum atomic E-state index is 12.8. The second-order valence-corrected chi connectivity index (χ2v) is 3.65. The van der Waals surface area contributed by atoms with Crippen LogP contribution < -0.4 is 4.74 Å². The van der Waals surface area contributed by atoms with Gasteiger partial charge >= 0.3 is 12.3 Å². The van der Waals surface area contributed by atoms with Crippen molar-refractivity contribution < 1.29 is 27.8 Å². The molecule has 0 bridgehead atoms. The van der Waals surface area contributed by atoms with Gasteiger partial charge in [-0.1, -0.05) is 18.2 Å². The summed E-state index contributed by atoms with van der Waals surface area (Å²) >= 11 is 0. The van der Waals surface area contributed by atoms with E-state index in [0.717, 1.165) is 18.5 Å². The number of benzene rings is 1. The van der Waals surface area contributed by atoms with Crippen molar-refractivity contribution in [3.63, 3.8) is 0 Å². The lowest BCUT2D eigenvalue weighted by Crippen LogP contribution is -2.08. The van der Waals surface area contributed by atoms with E-state index < -0.39 is 17.9 Å². The second kappa shape index (κ2) is 5.16. The fourth-order valence-electron chi connectivity index (χ4n) is 1.53. The predicted octanol–water partition coefficient (Wildman–Crippen LogP) is 3.22. The van der Waals surface area contributed by atoms with Crippen molar-refractivity contribution in [3.8, 4) is 17.1 Å². The average Bonchev–Trinajstić information content (AvgIpc) is 2.38. The van der Waals surface area contributed by atoms with Crippen molar-refractivity contribution in [2.24, 2.45) is 0 Å². The largest absolute Gasteiger partial charge is 0.511 e. The molecule has 1 aromatic heterocycles. The topological polar surface area (TPSA) is 72.3 Å². The number of alkyl halides is 3. The number of carboxylic acid groups (broad SMARTS) is 1. The molecule has 8 heteroatoms. The van der Waals surface area contributed by atoms with Crippen molar-refractivity contribution in [2.75, 3.05) is 0 Å². The molecule has 1 aromatic carbocycles. The molecule has 0 saturated heterocycles. The Balaban J connectivity index is 2.40. The van der Waals surface area contributed by atoms with E-state index in [9.17, 15) is 18.0 Å². The lowest BCUT2D eigenvalue weighted by molar-refractivity contribution is -0.137. The van der Waals surface area contributed by atoms with Crippen LogP contribution in [-0.2, 0) is 6.18 Å². The fraction of sp³-hybridized carbons (Fsp3) is 0.0833. The minimum atomic E-state index is -4.53. The first kappa shape index (κ1) is 13.8. The summed E-state index contributed by atoms with van der Waals surface area (Å²) in [7, 11) is 0. The number of hydrogen-bond acceptors (Lipinski definition) is 4. The lowest BCUT2D eigenvalue weighted by atomic mass is 10.1. The molecule has 0 atom stereocenters. The monoisotopic (exact) mass is 284 g/mol. The molecule has 1 N–H and O–H groups in total. The van der Waals surface area contributed by atoms with Crippen LogP contribution in [0, 0.1) is 0 Å². The smallest absolute Gasteiger partial charge is 0.449 e. The summed E-state index contributed by atoms with van der Waals surface area (Å²) in [4.78, 5) is 17.6. The fourth-order valence-corrected chi connectivity index (χ4v) is 1.53. The Morgan fingerprint density at radius 2 is 1.75 bits per heavy atom. The third-order valence-corrected chi connectivity index (χ3v) is 2.31. The van der Waals surface area contributed by atoms with Gasteiger partial charge < -0.3 is 9.84 Å². The van der Waals surface area contributed by atoms with Gasteiger partial charge in [0.1, 0.15) is 0 Å². The van der Waals surface area contributed by atoms with E-state index in [1.807, 2.05) is 0 Å². The zero-order chi connectivity index (χ0) is 14.8. The summed E-state index contributed by atoms with van der Waals surface area (Å²) in [6.07, 6.45) is -4.11. The molecule has 5 nitrogen and oxygen atoms in total. The Morgan fingerprint density at radius 1 is 1.15 bits per heavy atom. The van der Waals surface area contributed by atoms with Gasteiger partial charge in [0, 0.05) is 5.56 Å². The normalized spacial score (nSPS) is 11.2. The van der Waals surface area contributed by atoms with Crippen molar-refractivity contribution in [2.45, 2.75) is 6.18 Å². The van der Waals surface area contributed by atoms with Crippen molar-refractivity contribution in [3.05, 3.63) is 42.2 Å². The molecule has 0 radical (unpaired) electrons. The number of carbonyl (C=O) groups is 1. The molecule has 0 saturated carbocycles. The van der Waals surface area contributed by atoms with Crippen LogP contribution >= 0.6 is 0 Å². The van der Waals surface area contributed by atoms with Gasteiger partial charge in [0.15, 0.2) is 11.6 Å². The third kappa shape index (κ3) is 3.02. The summed E-state index contributed by atoms with van der Waals surface area (Å²) in [5.74, 6) is -0.346. The predicted molar refractivity (Wildman–Crippen MR) is 61.1 cm³/mol. The van der Waals surface area contributed by atoms with E-state index in [4.69, 9.17) is 5.11 Å². The Hall–Kier alpha value is -2.64. The van der Waals surface area contributed by atoms with Gasteiger partial charge in [0.2, 0.25) is 0 Å². The Labute approximate surface area is 110 Å². The second-order valence-electron chi connectivity index (χ2n) is 3.65. The summed E-state index contributed by atoms with van der Waals surface area (Å²) in [5, 5.41) is 8.38. The highest BCUT2D eigenvalue weighted by Crippen LogP contribution is 2.35. The zero-order valence-electron chi connectivity index (χ0n) is 9.76. The molecule has 20 heavy (non-hydrogen) atoms. The first-order valence-corrected chi connectivity index (χ1v) is 5.27. The van der Waals surface area contributed by atoms with Gasteiger partial charge in [0.05, 0.1) is 18.0 Å². The van der Waals surface area contributed by atoms with E-state index in [1.54, 1.807) is 0 Å². The molecule has 104 valence electrons. The van der Waals surface area contributed by atoms with Crippen LogP contribution in [-0.4, -0.2) is 21.2 Å². The number of halogens is 3. The van der Waals surface area contributed by atoms with E-state index in [1.165, 1.54) is 18.2 Å². The Bertz CT molecular complexity index is 627. The number of aromatic nitrogens is 2. The molecule has 2 rings (SSSR count). The first-order valence-electron chi connectivity index (χ1n) is 5.27. The van der Waals surface area contributed by atoms with Crippen LogP contribution in [0.15, 0.2) is 36.7 Å². The summed E-state index contributed by atoms with van der Waals surface area (Å²) < 4.78 is 42.8. The van der Waals surface area contributed by atoms with Crippen molar-refractivity contribution in [1.29, 1.82) is 0 Å². The molecule has 0 aliphatic carbocycles. The number of rotatable bonds is 2. The summed E-state index contributed by atoms with van der Waals surface area (Å²) in [6, 6.07) is 4.83. The van der Waals surface area contributed by atoms with Crippen LogP contribution in [0.4, 0.5) is 18.0 Å². The summed E-state index contributed by atoms with van der Waals surface area (Å²) in [5.41, 5.74) is -1.06. The van der Waals surface area contributed by atoms with Gasteiger partial charge in [0.25, 0.3) is 0 Å². The van der Waals surface area contributed by atoms with E-state index in [-0.39, 0.29) is 17.1 Å². The standard InChI is InChI=1S/C12H7F3N2O3/c13-12(14,15)9-4-2-1-3-8(9)10-16-5-7(6-17-10)20-11(18)19/h1-6H,(H,18,19). The zero-order valence-corrected chi connectivity index (χ0v) is 9.76. The third-order valence-electron chi connectivity index (χ3n) is 2.31. The minimum absolute atomic E-state index is 0.171. The minimum Gasteiger partial charge on any atom is -0.449 e. The molecular formula is C12H7F3N2O3. The van der Waals surface area contributed by atoms with Gasteiger partial charge in [-0.3, -0.25) is 0 Å². The number of ether oxygens (including phenoxy) is 1. The highest BCUT2D eigenvalue weighted by Gasteiger charge is 2.33. The molecular weight excluding hydrogens is 277 g/mol. The maximum Gasteiger partial charge on any atom is 0.511 e. The number of nitrogens with zero attached hydrogens (tertiary/aromatic N) is 2. The lowest BCUT2D eigenvalue weighted by Gasteiger charge is -2.11. The van der Waals surface area contributed by atoms with Crippen molar-refractivity contribution >= 4 is 6.16 Å². The van der Waals surface area contributed by atoms with Crippen LogP contribution in [0.2, 0.25) is 0 Å². The highest BCUT2D eigenvalue weighted by atomic mass is 19.4. The average molecular weight is 284 g/mol. The molecule has 0 aliphatic rings. The Morgan fingerprint density at radius 3 is 2.30 bits per heavy atom. The molecule has 0 aliphatic heterocycles. The number of hydrogen-bond donors (Lipinski definition) is 1. The van der Waals surface area contributed by atoms with Crippen LogP contribution in [0.1, 0.15) is 5.56 Å². The van der Waals surface area contributed by atoms with E-state index in [0.29, 0.717) is 0 Å². The van der Waals surface area contributed by atoms with Crippen molar-refractivity contribution in [1.82, 2.24) is 9.97 Å². The molecule has 2 aromatic rings. The van der Waals surface area contributed by atoms with Crippen LogP contribution in [0.5, 0.6) is 5.75 Å². The molecule has 0 fully saturated rings. The maximum absolute atomic E-state index is 12.8. The van der Waals surface area contributed by atoms with Crippen LogP contribution in [0.25, 0.3) is 11.4 Å².